The zero-order chi connectivity index (χ0) is 13.4. The summed E-state index contributed by atoms with van der Waals surface area (Å²) in [6.45, 7) is 0. The van der Waals surface area contributed by atoms with Crippen LogP contribution in [0.2, 0.25) is 5.02 Å². The van der Waals surface area contributed by atoms with Gasteiger partial charge in [0.15, 0.2) is 5.82 Å². The molecule has 3 rings (SSSR count). The van der Waals surface area contributed by atoms with Crippen LogP contribution in [0.1, 0.15) is 0 Å². The van der Waals surface area contributed by atoms with Crippen LogP contribution < -0.4 is 5.73 Å². The van der Waals surface area contributed by atoms with Gasteiger partial charge in [0.1, 0.15) is 5.82 Å². The Labute approximate surface area is 117 Å². The number of thiazole rings is 1. The second-order valence-electron chi connectivity index (χ2n) is 3.83. The van der Waals surface area contributed by atoms with Crippen molar-refractivity contribution in [3.05, 3.63) is 40.7 Å². The summed E-state index contributed by atoms with van der Waals surface area (Å²) < 4.78 is 14.1. The van der Waals surface area contributed by atoms with Gasteiger partial charge in [0.2, 0.25) is 0 Å². The lowest BCUT2D eigenvalue weighted by molar-refractivity contribution is 0.632. The molecule has 19 heavy (non-hydrogen) atoms. The Morgan fingerprint density at radius 1 is 1.37 bits per heavy atom. The van der Waals surface area contributed by atoms with Gasteiger partial charge >= 0.3 is 0 Å². The Kier molecular flexibility index (Phi) is 2.96. The topological polar surface area (TPSA) is 67.6 Å². The number of nitrogen functional groups attached to an aromatic ring is 1. The van der Waals surface area contributed by atoms with Gasteiger partial charge in [-0.2, -0.15) is 5.10 Å². The molecule has 0 saturated carbocycles. The van der Waals surface area contributed by atoms with E-state index in [0.717, 1.165) is 4.88 Å². The van der Waals surface area contributed by atoms with Crippen molar-refractivity contribution in [1.29, 1.82) is 0 Å². The smallest absolute Gasteiger partial charge is 0.153 e. The van der Waals surface area contributed by atoms with E-state index in [1.807, 2.05) is 0 Å². The van der Waals surface area contributed by atoms with Gasteiger partial charge in [-0.05, 0) is 6.07 Å². The van der Waals surface area contributed by atoms with Gasteiger partial charge in [0.05, 0.1) is 26.7 Å². The number of anilines is 1. The van der Waals surface area contributed by atoms with Crippen molar-refractivity contribution in [2.75, 3.05) is 5.73 Å². The van der Waals surface area contributed by atoms with Crippen LogP contribution >= 0.6 is 22.9 Å². The first-order chi connectivity index (χ1) is 9.18. The minimum atomic E-state index is -0.511. The standard InChI is InChI=1S/C12H8ClFN4S/c13-7-3-1-2-6(10(7)14)9-11(17-18-12(9)15)8-4-16-5-19-8/h1-5H,(H3,15,17,18). The third-order valence-electron chi connectivity index (χ3n) is 2.69. The molecule has 7 heteroatoms. The number of hydrogen-bond donors (Lipinski definition) is 2. The molecule has 96 valence electrons. The zero-order valence-electron chi connectivity index (χ0n) is 9.52. The highest BCUT2D eigenvalue weighted by Gasteiger charge is 2.19. The van der Waals surface area contributed by atoms with Crippen LogP contribution in [-0.2, 0) is 0 Å². The largest absolute Gasteiger partial charge is 0.382 e. The van der Waals surface area contributed by atoms with E-state index in [2.05, 4.69) is 15.2 Å². The molecule has 0 unspecified atom stereocenters. The predicted octanol–water partition coefficient (Wildman–Crippen LogP) is 3.57. The summed E-state index contributed by atoms with van der Waals surface area (Å²) in [6, 6.07) is 4.78. The number of halogens is 2. The molecule has 0 aliphatic rings. The summed E-state index contributed by atoms with van der Waals surface area (Å²) in [4.78, 5) is 4.82. The van der Waals surface area contributed by atoms with Crippen molar-refractivity contribution in [2.45, 2.75) is 0 Å². The molecule has 3 N–H and O–H groups in total. The molecule has 1 aromatic carbocycles. The summed E-state index contributed by atoms with van der Waals surface area (Å²) in [7, 11) is 0. The van der Waals surface area contributed by atoms with Gasteiger partial charge < -0.3 is 5.73 Å². The second kappa shape index (κ2) is 4.64. The summed E-state index contributed by atoms with van der Waals surface area (Å²) in [5.41, 5.74) is 8.98. The minimum Gasteiger partial charge on any atom is -0.382 e. The Bertz CT molecular complexity index is 723. The summed E-state index contributed by atoms with van der Waals surface area (Å²) in [5, 5.41) is 6.80. The van der Waals surface area contributed by atoms with Crippen molar-refractivity contribution >= 4 is 28.8 Å². The Balaban J connectivity index is 2.26. The van der Waals surface area contributed by atoms with Crippen LogP contribution in [0.3, 0.4) is 0 Å². The second-order valence-corrected chi connectivity index (χ2v) is 5.12. The number of aromatic amines is 1. The molecule has 2 heterocycles. The summed E-state index contributed by atoms with van der Waals surface area (Å²) in [6.07, 6.45) is 1.67. The lowest BCUT2D eigenvalue weighted by Crippen LogP contribution is -1.91. The molecule has 0 atom stereocenters. The first-order valence-electron chi connectivity index (χ1n) is 5.35. The molecule has 0 fully saturated rings. The molecule has 0 bridgehead atoms. The number of aromatic nitrogens is 3. The van der Waals surface area contributed by atoms with E-state index in [9.17, 15) is 4.39 Å². The van der Waals surface area contributed by atoms with Gasteiger partial charge in [-0.15, -0.1) is 11.3 Å². The maximum atomic E-state index is 14.1. The highest BCUT2D eigenvalue weighted by Crippen LogP contribution is 2.38. The average Bonchev–Trinajstić information content (AvgIpc) is 3.02. The molecule has 0 aliphatic heterocycles. The van der Waals surface area contributed by atoms with Gasteiger partial charge in [0, 0.05) is 11.8 Å². The molecular formula is C12H8ClFN4S. The molecule has 0 amide bonds. The van der Waals surface area contributed by atoms with Crippen molar-refractivity contribution < 1.29 is 4.39 Å². The Morgan fingerprint density at radius 2 is 2.21 bits per heavy atom. The molecule has 3 aromatic rings. The van der Waals surface area contributed by atoms with Gasteiger partial charge in [0.25, 0.3) is 0 Å². The van der Waals surface area contributed by atoms with Crippen LogP contribution in [0.5, 0.6) is 0 Å². The number of hydrogen-bond acceptors (Lipinski definition) is 4. The van der Waals surface area contributed by atoms with Crippen LogP contribution in [0, 0.1) is 5.82 Å². The fraction of sp³-hybridized carbons (Fsp3) is 0. The first kappa shape index (κ1) is 12.1. The predicted molar refractivity (Wildman–Crippen MR) is 74.5 cm³/mol. The maximum Gasteiger partial charge on any atom is 0.153 e. The van der Waals surface area contributed by atoms with Crippen molar-refractivity contribution in [3.8, 4) is 21.7 Å². The van der Waals surface area contributed by atoms with Crippen molar-refractivity contribution in [3.63, 3.8) is 0 Å². The number of H-pyrrole nitrogens is 1. The lowest BCUT2D eigenvalue weighted by Gasteiger charge is -2.05. The third kappa shape index (κ3) is 1.98. The molecule has 0 aliphatic carbocycles. The van der Waals surface area contributed by atoms with E-state index < -0.39 is 5.82 Å². The number of nitrogens with zero attached hydrogens (tertiary/aromatic N) is 2. The number of rotatable bonds is 2. The van der Waals surface area contributed by atoms with Crippen LogP contribution in [0.15, 0.2) is 29.9 Å². The summed E-state index contributed by atoms with van der Waals surface area (Å²) >= 11 is 7.22. The van der Waals surface area contributed by atoms with Crippen LogP contribution in [-0.4, -0.2) is 15.2 Å². The average molecular weight is 295 g/mol. The monoisotopic (exact) mass is 294 g/mol. The maximum absolute atomic E-state index is 14.1. The van der Waals surface area contributed by atoms with Crippen molar-refractivity contribution in [1.82, 2.24) is 15.2 Å². The van der Waals surface area contributed by atoms with Crippen molar-refractivity contribution in [2.24, 2.45) is 0 Å². The number of nitrogens with one attached hydrogen (secondary N) is 1. The fourth-order valence-electron chi connectivity index (χ4n) is 1.84. The quantitative estimate of drug-likeness (QED) is 0.759. The molecule has 2 aromatic heterocycles. The van der Waals surface area contributed by atoms with E-state index in [1.165, 1.54) is 17.4 Å². The highest BCUT2D eigenvalue weighted by atomic mass is 35.5. The van der Waals surface area contributed by atoms with Gasteiger partial charge in [-0.3, -0.25) is 10.1 Å². The molecule has 4 nitrogen and oxygen atoms in total. The van der Waals surface area contributed by atoms with E-state index in [1.54, 1.807) is 23.8 Å². The Hall–Kier alpha value is -1.92. The molecule has 0 radical (unpaired) electrons. The third-order valence-corrected chi connectivity index (χ3v) is 3.78. The van der Waals surface area contributed by atoms with Crippen LogP contribution in [0.4, 0.5) is 10.2 Å². The van der Waals surface area contributed by atoms with Gasteiger partial charge in [-0.25, -0.2) is 4.39 Å². The van der Waals surface area contributed by atoms with Crippen LogP contribution in [0.25, 0.3) is 21.7 Å². The highest BCUT2D eigenvalue weighted by molar-refractivity contribution is 7.13. The SMILES string of the molecule is Nc1n[nH]c(-c2cncs2)c1-c1cccc(Cl)c1F. The normalized spacial score (nSPS) is 10.8. The number of benzene rings is 1. The lowest BCUT2D eigenvalue weighted by atomic mass is 10.0. The number of nitrogens with two attached hydrogens (primary N) is 1. The first-order valence-corrected chi connectivity index (χ1v) is 6.61. The zero-order valence-corrected chi connectivity index (χ0v) is 11.1. The van der Waals surface area contributed by atoms with E-state index in [-0.39, 0.29) is 10.8 Å². The fourth-order valence-corrected chi connectivity index (χ4v) is 2.64. The molecule has 0 saturated heterocycles. The molecule has 0 spiro atoms. The minimum absolute atomic E-state index is 0.0494. The van der Waals surface area contributed by atoms with Gasteiger partial charge in [-0.1, -0.05) is 23.7 Å². The Morgan fingerprint density at radius 3 is 2.95 bits per heavy atom. The van der Waals surface area contributed by atoms with E-state index in [0.29, 0.717) is 16.8 Å². The summed E-state index contributed by atoms with van der Waals surface area (Å²) in [5.74, 6) is -0.285. The van der Waals surface area contributed by atoms with E-state index >= 15 is 0 Å². The molecular weight excluding hydrogens is 287 g/mol. The van der Waals surface area contributed by atoms with E-state index in [4.69, 9.17) is 17.3 Å².